The number of hydrogen-bond acceptors (Lipinski definition) is 7. The zero-order valence-corrected chi connectivity index (χ0v) is 19.0. The summed E-state index contributed by atoms with van der Waals surface area (Å²) in [5, 5.41) is 8.28. The van der Waals surface area contributed by atoms with Crippen LogP contribution in [-0.4, -0.2) is 39.9 Å². The topological polar surface area (TPSA) is 77.2 Å². The first-order valence-corrected chi connectivity index (χ1v) is 11.7. The summed E-state index contributed by atoms with van der Waals surface area (Å²) in [6.45, 7) is 4.93. The van der Waals surface area contributed by atoms with E-state index in [9.17, 15) is 0 Å². The predicted molar refractivity (Wildman–Crippen MR) is 122 cm³/mol. The van der Waals surface area contributed by atoms with Crippen molar-refractivity contribution in [1.82, 2.24) is 20.2 Å². The van der Waals surface area contributed by atoms with Crippen molar-refractivity contribution in [3.63, 3.8) is 0 Å². The highest BCUT2D eigenvalue weighted by Crippen LogP contribution is 2.49. The molecule has 1 aliphatic heterocycles. The van der Waals surface area contributed by atoms with E-state index in [0.717, 1.165) is 55.6 Å². The van der Waals surface area contributed by atoms with E-state index in [0.29, 0.717) is 17.3 Å². The highest BCUT2D eigenvalue weighted by atomic mass is 35.5. The Balaban J connectivity index is 1.04. The average molecular weight is 454 g/mol. The lowest BCUT2D eigenvalue weighted by molar-refractivity contribution is 0.284. The van der Waals surface area contributed by atoms with E-state index in [1.54, 1.807) is 12.4 Å². The molecule has 2 aromatic heterocycles. The molecule has 168 valence electrons. The van der Waals surface area contributed by atoms with Gasteiger partial charge in [-0.05, 0) is 73.6 Å². The van der Waals surface area contributed by atoms with Crippen molar-refractivity contribution in [2.24, 2.45) is 17.8 Å². The van der Waals surface area contributed by atoms with Crippen LogP contribution >= 0.6 is 11.6 Å². The number of nitrogens with zero attached hydrogens (tertiary/aromatic N) is 5. The van der Waals surface area contributed by atoms with Crippen molar-refractivity contribution in [2.45, 2.75) is 39.0 Å². The number of piperidine rings is 1. The molecule has 3 aromatic rings. The van der Waals surface area contributed by atoms with Gasteiger partial charge >= 0.3 is 0 Å². The Morgan fingerprint density at radius 1 is 1.19 bits per heavy atom. The Hall–Kier alpha value is -2.67. The molecule has 1 saturated heterocycles. The van der Waals surface area contributed by atoms with E-state index in [-0.39, 0.29) is 0 Å². The second-order valence-corrected chi connectivity index (χ2v) is 9.36. The molecule has 8 heteroatoms. The second-order valence-electron chi connectivity index (χ2n) is 8.92. The van der Waals surface area contributed by atoms with Gasteiger partial charge in [-0.3, -0.25) is 0 Å². The SMILES string of the molecule is Cc1cc(OCC[C@@H]2C[C@@H]2C2CCN(c3ncc(Cl)cn3)CC2)ccc1Cc1nnco1. The van der Waals surface area contributed by atoms with Gasteiger partial charge in [0, 0.05) is 13.1 Å². The van der Waals surface area contributed by atoms with E-state index in [1.807, 2.05) is 6.07 Å². The largest absolute Gasteiger partial charge is 0.494 e. The molecule has 1 saturated carbocycles. The van der Waals surface area contributed by atoms with Crippen molar-refractivity contribution in [3.8, 4) is 5.75 Å². The van der Waals surface area contributed by atoms with Crippen LogP contribution in [0, 0.1) is 24.7 Å². The summed E-state index contributed by atoms with van der Waals surface area (Å²) >= 11 is 5.90. The summed E-state index contributed by atoms with van der Waals surface area (Å²) in [5.41, 5.74) is 2.36. The summed E-state index contributed by atoms with van der Waals surface area (Å²) in [5.74, 6) is 4.83. The standard InChI is InChI=1S/C24H28ClN5O2/c1-16-10-21(3-2-18(16)12-23-29-28-15-32-23)31-9-6-19-11-22(19)17-4-7-30(8-5-17)24-26-13-20(25)14-27-24/h2-3,10,13-15,17,19,22H,4-9,11-12H2,1H3/t19-,22-/m1/s1. The van der Waals surface area contributed by atoms with E-state index < -0.39 is 0 Å². The van der Waals surface area contributed by atoms with Crippen LogP contribution in [-0.2, 0) is 6.42 Å². The predicted octanol–water partition coefficient (Wildman–Crippen LogP) is 4.73. The molecule has 0 radical (unpaired) electrons. The van der Waals surface area contributed by atoms with Crippen molar-refractivity contribution >= 4 is 17.5 Å². The lowest BCUT2D eigenvalue weighted by Gasteiger charge is -2.32. The summed E-state index contributed by atoms with van der Waals surface area (Å²) in [4.78, 5) is 11.0. The van der Waals surface area contributed by atoms with Crippen LogP contribution in [0.4, 0.5) is 5.95 Å². The molecular weight excluding hydrogens is 426 g/mol. The van der Waals surface area contributed by atoms with E-state index in [4.69, 9.17) is 20.8 Å². The maximum atomic E-state index is 6.06. The summed E-state index contributed by atoms with van der Waals surface area (Å²) in [7, 11) is 0. The molecule has 32 heavy (non-hydrogen) atoms. The molecular formula is C24H28ClN5O2. The number of benzene rings is 1. The van der Waals surface area contributed by atoms with Crippen LogP contribution < -0.4 is 9.64 Å². The molecule has 2 atom stereocenters. The third-order valence-electron chi connectivity index (χ3n) is 6.83. The third kappa shape index (κ3) is 5.04. The maximum Gasteiger partial charge on any atom is 0.225 e. The van der Waals surface area contributed by atoms with Crippen molar-refractivity contribution in [3.05, 3.63) is 59.0 Å². The van der Waals surface area contributed by atoms with Crippen LogP contribution in [0.3, 0.4) is 0 Å². The first-order valence-electron chi connectivity index (χ1n) is 11.4. The van der Waals surface area contributed by atoms with Crippen LogP contribution in [0.25, 0.3) is 0 Å². The fraction of sp³-hybridized carbons (Fsp3) is 0.500. The van der Waals surface area contributed by atoms with Gasteiger partial charge in [0.25, 0.3) is 0 Å². The molecule has 0 bridgehead atoms. The van der Waals surface area contributed by atoms with Gasteiger partial charge in [-0.1, -0.05) is 17.7 Å². The van der Waals surface area contributed by atoms with Crippen LogP contribution in [0.1, 0.15) is 42.7 Å². The fourth-order valence-electron chi connectivity index (χ4n) is 4.90. The molecule has 2 aliphatic rings. The molecule has 1 aliphatic carbocycles. The molecule has 3 heterocycles. The van der Waals surface area contributed by atoms with E-state index in [1.165, 1.54) is 36.8 Å². The van der Waals surface area contributed by atoms with Crippen molar-refractivity contribution < 1.29 is 9.15 Å². The van der Waals surface area contributed by atoms with Gasteiger partial charge in [0.05, 0.1) is 30.4 Å². The molecule has 5 rings (SSSR count). The molecule has 0 spiro atoms. The highest BCUT2D eigenvalue weighted by molar-refractivity contribution is 6.30. The normalized spacial score (nSPS) is 21.0. The van der Waals surface area contributed by atoms with Gasteiger partial charge in [0.15, 0.2) is 0 Å². The van der Waals surface area contributed by atoms with Crippen LogP contribution in [0.2, 0.25) is 5.02 Å². The average Bonchev–Trinajstić information content (AvgIpc) is 3.39. The lowest BCUT2D eigenvalue weighted by Crippen LogP contribution is -2.35. The summed E-state index contributed by atoms with van der Waals surface area (Å²) < 4.78 is 11.3. The Bertz CT molecular complexity index is 1020. The zero-order valence-electron chi connectivity index (χ0n) is 18.3. The lowest BCUT2D eigenvalue weighted by atomic mass is 9.90. The van der Waals surface area contributed by atoms with Crippen molar-refractivity contribution in [2.75, 3.05) is 24.6 Å². The molecule has 7 nitrogen and oxygen atoms in total. The zero-order chi connectivity index (χ0) is 21.9. The van der Waals surface area contributed by atoms with Crippen LogP contribution in [0.15, 0.2) is 41.4 Å². The quantitative estimate of drug-likeness (QED) is 0.487. The van der Waals surface area contributed by atoms with Gasteiger partial charge in [-0.2, -0.15) is 0 Å². The number of aromatic nitrogens is 4. The molecule has 0 unspecified atom stereocenters. The molecule has 0 N–H and O–H groups in total. The Morgan fingerprint density at radius 3 is 2.72 bits per heavy atom. The second kappa shape index (κ2) is 9.45. The number of aryl methyl sites for hydroxylation is 1. The van der Waals surface area contributed by atoms with Gasteiger partial charge in [0.1, 0.15) is 5.75 Å². The first-order chi connectivity index (χ1) is 15.7. The van der Waals surface area contributed by atoms with Crippen molar-refractivity contribution in [1.29, 1.82) is 0 Å². The van der Waals surface area contributed by atoms with Gasteiger partial charge in [-0.25, -0.2) is 9.97 Å². The first kappa shape index (κ1) is 21.2. The maximum absolute atomic E-state index is 6.06. The van der Waals surface area contributed by atoms with E-state index >= 15 is 0 Å². The van der Waals surface area contributed by atoms with E-state index in [2.05, 4.69) is 44.1 Å². The molecule has 0 amide bonds. The minimum Gasteiger partial charge on any atom is -0.494 e. The minimum atomic E-state index is 0.585. The minimum absolute atomic E-state index is 0.585. The number of hydrogen-bond donors (Lipinski definition) is 0. The number of anilines is 1. The Kier molecular flexibility index (Phi) is 6.26. The Morgan fingerprint density at radius 2 is 2.00 bits per heavy atom. The van der Waals surface area contributed by atoms with Gasteiger partial charge in [0.2, 0.25) is 18.2 Å². The third-order valence-corrected chi connectivity index (χ3v) is 7.03. The fourth-order valence-corrected chi connectivity index (χ4v) is 4.99. The summed E-state index contributed by atoms with van der Waals surface area (Å²) in [6.07, 6.45) is 10.3. The highest BCUT2D eigenvalue weighted by Gasteiger charge is 2.43. The van der Waals surface area contributed by atoms with Gasteiger partial charge in [-0.15, -0.1) is 10.2 Å². The van der Waals surface area contributed by atoms with Crippen LogP contribution in [0.5, 0.6) is 5.75 Å². The molecule has 2 fully saturated rings. The number of halogens is 1. The molecule has 1 aromatic carbocycles. The monoisotopic (exact) mass is 453 g/mol. The smallest absolute Gasteiger partial charge is 0.225 e. The number of rotatable bonds is 8. The Labute approximate surface area is 193 Å². The summed E-state index contributed by atoms with van der Waals surface area (Å²) in [6, 6.07) is 6.23. The number of ether oxygens (including phenoxy) is 1. The van der Waals surface area contributed by atoms with Gasteiger partial charge < -0.3 is 14.1 Å².